The van der Waals surface area contributed by atoms with Crippen LogP contribution in [0.5, 0.6) is 0 Å². The zero-order valence-corrected chi connectivity index (χ0v) is 18.9. The summed E-state index contributed by atoms with van der Waals surface area (Å²) in [6, 6.07) is 7.06. The summed E-state index contributed by atoms with van der Waals surface area (Å²) in [5, 5.41) is 34.1. The molecule has 3 aromatic heterocycles. The van der Waals surface area contributed by atoms with E-state index in [1.165, 1.54) is 17.2 Å². The fourth-order valence-electron chi connectivity index (χ4n) is 4.38. The van der Waals surface area contributed by atoms with Crippen molar-refractivity contribution in [1.82, 2.24) is 24.5 Å². The van der Waals surface area contributed by atoms with Gasteiger partial charge in [0.25, 0.3) is 0 Å². The van der Waals surface area contributed by atoms with E-state index >= 15 is 0 Å². The van der Waals surface area contributed by atoms with Gasteiger partial charge < -0.3 is 35.1 Å². The van der Waals surface area contributed by atoms with Crippen LogP contribution in [0.4, 0.5) is 5.82 Å². The third-order valence-corrected chi connectivity index (χ3v) is 6.13. The van der Waals surface area contributed by atoms with Crippen LogP contribution in [0.15, 0.2) is 43.1 Å². The molecule has 184 valence electrons. The van der Waals surface area contributed by atoms with Crippen LogP contribution in [-0.4, -0.2) is 83.4 Å². The van der Waals surface area contributed by atoms with E-state index in [0.717, 1.165) is 16.5 Å². The van der Waals surface area contributed by atoms with Crippen molar-refractivity contribution in [2.24, 2.45) is 0 Å². The van der Waals surface area contributed by atoms with E-state index in [1.54, 1.807) is 6.92 Å². The van der Waals surface area contributed by atoms with E-state index in [1.807, 2.05) is 30.5 Å². The summed E-state index contributed by atoms with van der Waals surface area (Å²) in [6.45, 7) is 1.52. The molecule has 12 nitrogen and oxygen atoms in total. The Labute approximate surface area is 199 Å². The second-order valence-corrected chi connectivity index (χ2v) is 8.29. The van der Waals surface area contributed by atoms with Gasteiger partial charge in [-0.05, 0) is 18.6 Å². The number of benzene rings is 1. The van der Waals surface area contributed by atoms with Gasteiger partial charge in [0.05, 0.1) is 19.5 Å². The van der Waals surface area contributed by atoms with Gasteiger partial charge in [0.2, 0.25) is 0 Å². The van der Waals surface area contributed by atoms with Crippen LogP contribution in [0.1, 0.15) is 18.7 Å². The number of aliphatic hydroxyl groups excluding tert-OH is 3. The van der Waals surface area contributed by atoms with Crippen LogP contribution < -0.4 is 5.32 Å². The predicted molar refractivity (Wildman–Crippen MR) is 124 cm³/mol. The Morgan fingerprint density at radius 1 is 1.26 bits per heavy atom. The number of nitrogens with zero attached hydrogens (tertiary/aromatic N) is 4. The highest BCUT2D eigenvalue weighted by Gasteiger charge is 2.44. The van der Waals surface area contributed by atoms with Crippen molar-refractivity contribution in [2.75, 3.05) is 18.5 Å². The van der Waals surface area contributed by atoms with Gasteiger partial charge in [-0.25, -0.2) is 19.7 Å². The predicted octanol–water partition coefficient (Wildman–Crippen LogP) is 0.505. The van der Waals surface area contributed by atoms with Crippen LogP contribution in [0.3, 0.4) is 0 Å². The van der Waals surface area contributed by atoms with Crippen LogP contribution in [0, 0.1) is 0 Å². The summed E-state index contributed by atoms with van der Waals surface area (Å²) in [4.78, 5) is 28.9. The van der Waals surface area contributed by atoms with Gasteiger partial charge in [-0.3, -0.25) is 4.57 Å². The number of nitrogens with one attached hydrogen (secondary N) is 2. The second-order valence-electron chi connectivity index (χ2n) is 8.29. The molecule has 35 heavy (non-hydrogen) atoms. The van der Waals surface area contributed by atoms with Gasteiger partial charge in [-0.2, -0.15) is 0 Å². The molecule has 5 rings (SSSR count). The fourth-order valence-corrected chi connectivity index (χ4v) is 4.38. The van der Waals surface area contributed by atoms with E-state index in [0.29, 0.717) is 23.4 Å². The number of hydrogen-bond acceptors (Lipinski definition) is 10. The Morgan fingerprint density at radius 2 is 2.09 bits per heavy atom. The molecular weight excluding hydrogens is 456 g/mol. The fraction of sp³-hybridized carbons (Fsp3) is 0.391. The number of para-hydroxylation sites is 1. The minimum Gasteiger partial charge on any atom is -0.464 e. The lowest BCUT2D eigenvalue weighted by Crippen LogP contribution is -2.34. The smallest absolute Gasteiger partial charge is 0.328 e. The lowest BCUT2D eigenvalue weighted by molar-refractivity contribution is -0.144. The first-order valence-corrected chi connectivity index (χ1v) is 11.3. The zero-order chi connectivity index (χ0) is 24.5. The van der Waals surface area contributed by atoms with Crippen LogP contribution in [0.2, 0.25) is 0 Å². The summed E-state index contributed by atoms with van der Waals surface area (Å²) in [6.07, 6.45) is 0.436. The summed E-state index contributed by atoms with van der Waals surface area (Å²) >= 11 is 0. The summed E-state index contributed by atoms with van der Waals surface area (Å²) in [7, 11) is 0. The zero-order valence-electron chi connectivity index (χ0n) is 18.9. The van der Waals surface area contributed by atoms with Gasteiger partial charge in [0.15, 0.2) is 23.2 Å². The first-order valence-electron chi connectivity index (χ1n) is 11.3. The van der Waals surface area contributed by atoms with Gasteiger partial charge in [0.1, 0.15) is 30.7 Å². The Hall–Kier alpha value is -3.58. The summed E-state index contributed by atoms with van der Waals surface area (Å²) in [5.41, 5.74) is 2.57. The molecule has 0 aliphatic carbocycles. The highest BCUT2D eigenvalue weighted by Crippen LogP contribution is 2.32. The maximum Gasteiger partial charge on any atom is 0.328 e. The monoisotopic (exact) mass is 482 g/mol. The number of hydrogen-bond donors (Lipinski definition) is 5. The first-order chi connectivity index (χ1) is 17.0. The normalized spacial score (nSPS) is 23.1. The van der Waals surface area contributed by atoms with E-state index in [-0.39, 0.29) is 6.61 Å². The molecule has 0 saturated carbocycles. The van der Waals surface area contributed by atoms with E-state index in [9.17, 15) is 20.1 Å². The largest absolute Gasteiger partial charge is 0.464 e. The molecule has 1 aliphatic rings. The van der Waals surface area contributed by atoms with Crippen molar-refractivity contribution in [1.29, 1.82) is 0 Å². The Kier molecular flexibility index (Phi) is 6.34. The molecule has 1 aromatic carbocycles. The maximum atomic E-state index is 12.8. The molecule has 4 heterocycles. The lowest BCUT2D eigenvalue weighted by Gasteiger charge is -2.18. The molecule has 1 saturated heterocycles. The number of fused-ring (bicyclic) bond motifs is 2. The number of aromatic nitrogens is 5. The molecular formula is C23H26N6O6. The number of rotatable bonds is 8. The van der Waals surface area contributed by atoms with Gasteiger partial charge in [-0.1, -0.05) is 18.2 Å². The molecule has 5 N–H and O–H groups in total. The number of aromatic amines is 1. The highest BCUT2D eigenvalue weighted by atomic mass is 16.6. The van der Waals surface area contributed by atoms with Crippen LogP contribution >= 0.6 is 0 Å². The third kappa shape index (κ3) is 4.21. The molecule has 0 spiro atoms. The molecule has 1 aliphatic heterocycles. The van der Waals surface area contributed by atoms with E-state index in [2.05, 4.69) is 25.3 Å². The van der Waals surface area contributed by atoms with E-state index < -0.39 is 43.2 Å². The molecule has 1 fully saturated rings. The van der Waals surface area contributed by atoms with Crippen LogP contribution in [0.25, 0.3) is 22.1 Å². The number of aliphatic hydroxyl groups is 3. The second kappa shape index (κ2) is 9.58. The lowest BCUT2D eigenvalue weighted by atomic mass is 10.0. The minimum absolute atomic E-state index is 0.226. The van der Waals surface area contributed by atoms with Crippen molar-refractivity contribution in [3.05, 3.63) is 48.7 Å². The number of H-pyrrole nitrogens is 1. The van der Waals surface area contributed by atoms with Crippen molar-refractivity contribution in [3.63, 3.8) is 0 Å². The van der Waals surface area contributed by atoms with Crippen molar-refractivity contribution in [2.45, 2.75) is 43.9 Å². The minimum atomic E-state index is -1.29. The van der Waals surface area contributed by atoms with Crippen molar-refractivity contribution in [3.8, 4) is 0 Å². The summed E-state index contributed by atoms with van der Waals surface area (Å²) in [5.74, 6) is -0.133. The Morgan fingerprint density at radius 3 is 2.86 bits per heavy atom. The third-order valence-electron chi connectivity index (χ3n) is 6.13. The molecule has 0 amide bonds. The molecule has 5 atom stereocenters. The van der Waals surface area contributed by atoms with Gasteiger partial charge >= 0.3 is 5.97 Å². The number of anilines is 1. The number of ether oxygens (including phenoxy) is 2. The van der Waals surface area contributed by atoms with Crippen molar-refractivity contribution >= 4 is 33.9 Å². The topological polar surface area (TPSA) is 168 Å². The first kappa shape index (κ1) is 23.2. The highest BCUT2D eigenvalue weighted by molar-refractivity contribution is 5.88. The molecule has 12 heteroatoms. The number of esters is 1. The molecule has 4 aromatic rings. The quantitative estimate of drug-likeness (QED) is 0.223. The molecule has 0 radical (unpaired) electrons. The SMILES string of the molecule is CCOC(=O)[C@@H](Cc1c[nH]c2ccccc12)Nc1ncnc2c1ncn2C1OC(CO)C(O)C1O. The van der Waals surface area contributed by atoms with Gasteiger partial charge in [-0.15, -0.1) is 0 Å². The Balaban J connectivity index is 1.46. The molecule has 4 unspecified atom stereocenters. The Bertz CT molecular complexity index is 1340. The van der Waals surface area contributed by atoms with Crippen molar-refractivity contribution < 1.29 is 29.6 Å². The average Bonchev–Trinajstić information content (AvgIpc) is 3.56. The number of carbonyl (C=O) groups is 1. The number of imidazole rings is 1. The standard InChI is InChI=1S/C23H26N6O6/c1-2-34-23(33)15(7-12-8-24-14-6-4-3-5-13(12)14)28-20-17-21(26-10-25-20)29(11-27-17)22-19(32)18(31)16(9-30)35-22/h3-6,8,10-11,15-16,18-19,22,24,30-32H,2,7,9H2,1H3,(H,25,26,28)/t15-,16?,18?,19?,22?/m1/s1. The van der Waals surface area contributed by atoms with Gasteiger partial charge in [0, 0.05) is 23.5 Å². The average molecular weight is 482 g/mol. The summed E-state index contributed by atoms with van der Waals surface area (Å²) < 4.78 is 12.4. The molecule has 0 bridgehead atoms. The van der Waals surface area contributed by atoms with Crippen LogP contribution in [-0.2, 0) is 20.7 Å². The van der Waals surface area contributed by atoms with E-state index in [4.69, 9.17) is 9.47 Å². The number of carbonyl (C=O) groups excluding carboxylic acids is 1. The maximum absolute atomic E-state index is 12.8.